The van der Waals surface area contributed by atoms with Crippen molar-refractivity contribution in [2.24, 2.45) is 0 Å². The van der Waals surface area contributed by atoms with Gasteiger partial charge >= 0.3 is 0 Å². The minimum Gasteiger partial charge on any atom is -0.367 e. The Morgan fingerprint density at radius 2 is 1.80 bits per heavy atom. The van der Waals surface area contributed by atoms with Crippen molar-refractivity contribution in [1.82, 2.24) is 9.38 Å². The molecule has 2 heterocycles. The van der Waals surface area contributed by atoms with Crippen LogP contribution in [-0.2, 0) is 0 Å². The van der Waals surface area contributed by atoms with E-state index in [9.17, 15) is 0 Å². The molecule has 0 spiro atoms. The molecule has 1 fully saturated rings. The van der Waals surface area contributed by atoms with E-state index in [1.165, 1.54) is 49.0 Å². The van der Waals surface area contributed by atoms with Crippen LogP contribution in [0.4, 0.5) is 5.82 Å². The van der Waals surface area contributed by atoms with Crippen LogP contribution in [0.1, 0.15) is 61.8 Å². The fourth-order valence-electron chi connectivity index (χ4n) is 4.01. The summed E-state index contributed by atoms with van der Waals surface area (Å²) in [6.07, 6.45) is 8.70. The van der Waals surface area contributed by atoms with Crippen molar-refractivity contribution in [2.45, 2.75) is 57.9 Å². The number of aromatic nitrogens is 2. The van der Waals surface area contributed by atoms with Crippen molar-refractivity contribution in [1.29, 1.82) is 0 Å². The lowest BCUT2D eigenvalue weighted by Gasteiger charge is -2.25. The first-order chi connectivity index (χ1) is 12.2. The lowest BCUT2D eigenvalue weighted by atomic mass is 9.94. The molecule has 25 heavy (non-hydrogen) atoms. The SMILES string of the molecule is Cc1cccn2c(NC3CCCCC3)c(C(C)c3ccccc3)nc12. The number of anilines is 1. The molecule has 0 saturated heterocycles. The van der Waals surface area contributed by atoms with Crippen LogP contribution in [0.15, 0.2) is 48.7 Å². The van der Waals surface area contributed by atoms with Gasteiger partial charge in [0.2, 0.25) is 0 Å². The van der Waals surface area contributed by atoms with Crippen LogP contribution in [0, 0.1) is 6.92 Å². The highest BCUT2D eigenvalue weighted by atomic mass is 15.1. The minimum atomic E-state index is 0.270. The molecule has 0 aliphatic heterocycles. The fraction of sp³-hybridized carbons (Fsp3) is 0.409. The molecule has 3 aromatic rings. The van der Waals surface area contributed by atoms with Gasteiger partial charge in [-0.1, -0.05) is 62.6 Å². The molecule has 3 nitrogen and oxygen atoms in total. The van der Waals surface area contributed by atoms with Crippen molar-refractivity contribution in [3.05, 3.63) is 65.5 Å². The van der Waals surface area contributed by atoms with Gasteiger partial charge in [0, 0.05) is 18.2 Å². The Hall–Kier alpha value is -2.29. The second kappa shape index (κ2) is 6.91. The van der Waals surface area contributed by atoms with E-state index in [1.54, 1.807) is 0 Å². The Morgan fingerprint density at radius 1 is 1.04 bits per heavy atom. The van der Waals surface area contributed by atoms with Crippen LogP contribution in [0.5, 0.6) is 0 Å². The Labute approximate surface area is 150 Å². The Bertz CT molecular complexity index is 844. The summed E-state index contributed by atoms with van der Waals surface area (Å²) in [4.78, 5) is 5.05. The molecule has 0 radical (unpaired) electrons. The second-order valence-electron chi connectivity index (χ2n) is 7.34. The van der Waals surface area contributed by atoms with Crippen molar-refractivity contribution in [3.63, 3.8) is 0 Å². The van der Waals surface area contributed by atoms with E-state index < -0.39 is 0 Å². The van der Waals surface area contributed by atoms with Crippen molar-refractivity contribution < 1.29 is 0 Å². The quantitative estimate of drug-likeness (QED) is 0.679. The summed E-state index contributed by atoms with van der Waals surface area (Å²) < 4.78 is 2.25. The highest BCUT2D eigenvalue weighted by molar-refractivity contribution is 5.61. The van der Waals surface area contributed by atoms with Gasteiger partial charge in [0.1, 0.15) is 11.5 Å². The Kier molecular flexibility index (Phi) is 4.48. The highest BCUT2D eigenvalue weighted by Crippen LogP contribution is 2.33. The Morgan fingerprint density at radius 3 is 2.56 bits per heavy atom. The van der Waals surface area contributed by atoms with Crippen LogP contribution in [0.2, 0.25) is 0 Å². The minimum absolute atomic E-state index is 0.270. The molecule has 1 aliphatic carbocycles. The first-order valence-electron chi connectivity index (χ1n) is 9.53. The number of rotatable bonds is 4. The number of hydrogen-bond donors (Lipinski definition) is 1. The molecular weight excluding hydrogens is 306 g/mol. The van der Waals surface area contributed by atoms with Crippen molar-refractivity contribution >= 4 is 11.5 Å². The highest BCUT2D eigenvalue weighted by Gasteiger charge is 2.23. The van der Waals surface area contributed by atoms with Gasteiger partial charge < -0.3 is 5.32 Å². The first kappa shape index (κ1) is 16.2. The average molecular weight is 333 g/mol. The zero-order valence-corrected chi connectivity index (χ0v) is 15.2. The zero-order valence-electron chi connectivity index (χ0n) is 15.2. The van der Waals surface area contributed by atoms with Gasteiger partial charge in [-0.25, -0.2) is 4.98 Å². The average Bonchev–Trinajstić information content (AvgIpc) is 3.03. The van der Waals surface area contributed by atoms with Gasteiger partial charge in [-0.15, -0.1) is 0 Å². The summed E-state index contributed by atoms with van der Waals surface area (Å²) in [6, 6.07) is 15.5. The van der Waals surface area contributed by atoms with Gasteiger partial charge in [0.15, 0.2) is 0 Å². The number of fused-ring (bicyclic) bond motifs is 1. The van der Waals surface area contributed by atoms with Gasteiger partial charge in [0.05, 0.1) is 5.69 Å². The molecule has 130 valence electrons. The number of pyridine rings is 1. The van der Waals surface area contributed by atoms with Crippen LogP contribution in [-0.4, -0.2) is 15.4 Å². The number of nitrogens with zero attached hydrogens (tertiary/aromatic N) is 2. The molecule has 0 amide bonds. The largest absolute Gasteiger partial charge is 0.367 e. The lowest BCUT2D eigenvalue weighted by Crippen LogP contribution is -2.24. The van der Waals surface area contributed by atoms with Crippen LogP contribution in [0.25, 0.3) is 5.65 Å². The maximum Gasteiger partial charge on any atom is 0.141 e. The van der Waals surface area contributed by atoms with E-state index >= 15 is 0 Å². The summed E-state index contributed by atoms with van der Waals surface area (Å²) in [5.41, 5.74) is 4.76. The van der Waals surface area contributed by atoms with Crippen LogP contribution in [0.3, 0.4) is 0 Å². The standard InChI is InChI=1S/C22H27N3/c1-16-10-9-15-25-21(16)24-20(17(2)18-11-5-3-6-12-18)22(25)23-19-13-7-4-8-14-19/h3,5-6,9-12,15,17,19,23H,4,7-8,13-14H2,1-2H3. The summed E-state index contributed by atoms with van der Waals surface area (Å²) in [5.74, 6) is 1.45. The van der Waals surface area contributed by atoms with E-state index in [0.29, 0.717) is 6.04 Å². The van der Waals surface area contributed by atoms with Crippen LogP contribution >= 0.6 is 0 Å². The summed E-state index contributed by atoms with van der Waals surface area (Å²) >= 11 is 0. The predicted octanol–water partition coefficient (Wildman–Crippen LogP) is 5.54. The van der Waals surface area contributed by atoms with E-state index in [0.717, 1.165) is 11.3 Å². The monoisotopic (exact) mass is 333 g/mol. The van der Waals surface area contributed by atoms with Gasteiger partial charge in [-0.2, -0.15) is 0 Å². The molecule has 1 atom stereocenters. The molecule has 1 aromatic carbocycles. The normalized spacial score (nSPS) is 16.9. The molecule has 1 N–H and O–H groups in total. The lowest BCUT2D eigenvalue weighted by molar-refractivity contribution is 0.461. The summed E-state index contributed by atoms with van der Waals surface area (Å²) in [6.45, 7) is 4.40. The van der Waals surface area contributed by atoms with Crippen LogP contribution < -0.4 is 5.32 Å². The maximum absolute atomic E-state index is 5.05. The fourth-order valence-corrected chi connectivity index (χ4v) is 4.01. The molecular formula is C22H27N3. The third-order valence-corrected chi connectivity index (χ3v) is 5.53. The van der Waals surface area contributed by atoms with Gasteiger partial charge in [0.25, 0.3) is 0 Å². The summed E-state index contributed by atoms with van der Waals surface area (Å²) in [7, 11) is 0. The molecule has 1 unspecified atom stereocenters. The molecule has 1 saturated carbocycles. The van der Waals surface area contributed by atoms with Gasteiger partial charge in [-0.3, -0.25) is 4.40 Å². The van der Waals surface area contributed by atoms with E-state index in [-0.39, 0.29) is 5.92 Å². The number of hydrogen-bond acceptors (Lipinski definition) is 2. The first-order valence-corrected chi connectivity index (χ1v) is 9.53. The summed E-state index contributed by atoms with van der Waals surface area (Å²) in [5, 5.41) is 3.85. The smallest absolute Gasteiger partial charge is 0.141 e. The second-order valence-corrected chi connectivity index (χ2v) is 7.34. The predicted molar refractivity (Wildman–Crippen MR) is 104 cm³/mol. The zero-order chi connectivity index (χ0) is 17.2. The number of benzene rings is 1. The van der Waals surface area contributed by atoms with Crippen molar-refractivity contribution in [2.75, 3.05) is 5.32 Å². The third-order valence-electron chi connectivity index (χ3n) is 5.53. The van der Waals surface area contributed by atoms with E-state index in [4.69, 9.17) is 4.98 Å². The molecule has 4 rings (SSSR count). The number of nitrogens with one attached hydrogen (secondary N) is 1. The molecule has 2 aromatic heterocycles. The van der Waals surface area contributed by atoms with Gasteiger partial charge in [-0.05, 0) is 37.0 Å². The van der Waals surface area contributed by atoms with Crippen molar-refractivity contribution in [3.8, 4) is 0 Å². The van der Waals surface area contributed by atoms with E-state index in [2.05, 4.69) is 72.2 Å². The number of aryl methyl sites for hydroxylation is 1. The Balaban J connectivity index is 1.79. The molecule has 3 heteroatoms. The molecule has 0 bridgehead atoms. The molecule has 1 aliphatic rings. The third kappa shape index (κ3) is 3.15. The van der Waals surface area contributed by atoms with E-state index in [1.807, 2.05) is 0 Å². The number of imidazole rings is 1. The maximum atomic E-state index is 5.05. The topological polar surface area (TPSA) is 29.3 Å².